The minimum absolute atomic E-state index is 0.119. The van der Waals surface area contributed by atoms with E-state index in [4.69, 9.17) is 6.42 Å². The number of aromatic amines is 1. The van der Waals surface area contributed by atoms with E-state index in [2.05, 4.69) is 44.1 Å². The number of H-pyrrole nitrogens is 1. The smallest absolute Gasteiger partial charge is 0.136 e. The van der Waals surface area contributed by atoms with Crippen molar-refractivity contribution in [2.24, 2.45) is 0 Å². The molecule has 0 aromatic carbocycles. The molecule has 1 aromatic rings. The third-order valence-corrected chi connectivity index (χ3v) is 2.01. The number of hydrogen-bond donors (Lipinski definition) is 2. The van der Waals surface area contributed by atoms with Gasteiger partial charge in [-0.15, -0.1) is 6.42 Å². The second kappa shape index (κ2) is 5.05. The van der Waals surface area contributed by atoms with Crippen molar-refractivity contribution in [3.05, 3.63) is 16.6 Å². The van der Waals surface area contributed by atoms with E-state index in [1.165, 1.54) is 0 Å². The summed E-state index contributed by atoms with van der Waals surface area (Å²) in [6.45, 7) is 2.99. The topological polar surface area (TPSA) is 40.7 Å². The average Bonchev–Trinajstić information content (AvgIpc) is 2.54. The van der Waals surface area contributed by atoms with Gasteiger partial charge in [0.1, 0.15) is 16.5 Å². The number of nitrogens with zero attached hydrogens (tertiary/aromatic N) is 1. The lowest BCUT2D eigenvalue weighted by molar-refractivity contribution is 0.604. The molecule has 0 aliphatic rings. The molecule has 70 valence electrons. The highest BCUT2D eigenvalue weighted by molar-refractivity contribution is 9.10. The first-order valence-corrected chi connectivity index (χ1v) is 4.97. The van der Waals surface area contributed by atoms with Crippen LogP contribution in [0.1, 0.15) is 25.2 Å². The van der Waals surface area contributed by atoms with E-state index in [-0.39, 0.29) is 6.04 Å². The number of imidazole rings is 1. The van der Waals surface area contributed by atoms with E-state index < -0.39 is 0 Å². The van der Waals surface area contributed by atoms with Crippen LogP contribution in [0.4, 0.5) is 0 Å². The monoisotopic (exact) mass is 241 g/mol. The molecule has 1 aromatic heterocycles. The Morgan fingerprint density at radius 3 is 3.08 bits per heavy atom. The van der Waals surface area contributed by atoms with Crippen LogP contribution in [0.25, 0.3) is 0 Å². The first kappa shape index (κ1) is 10.3. The molecule has 0 aliphatic heterocycles. The third kappa shape index (κ3) is 2.87. The first-order valence-electron chi connectivity index (χ1n) is 4.17. The third-order valence-electron chi connectivity index (χ3n) is 1.60. The van der Waals surface area contributed by atoms with Crippen molar-refractivity contribution < 1.29 is 0 Å². The molecule has 0 bridgehead atoms. The Labute approximate surface area is 86.5 Å². The maximum absolute atomic E-state index is 5.37. The zero-order valence-corrected chi connectivity index (χ0v) is 9.06. The summed E-state index contributed by atoms with van der Waals surface area (Å²) in [7, 11) is 0. The van der Waals surface area contributed by atoms with Crippen molar-refractivity contribution >= 4 is 15.9 Å². The Morgan fingerprint density at radius 2 is 2.62 bits per heavy atom. The number of hydrogen-bond acceptors (Lipinski definition) is 2. The maximum atomic E-state index is 5.37. The zero-order valence-electron chi connectivity index (χ0n) is 7.47. The fraction of sp³-hybridized carbons (Fsp3) is 0.444. The van der Waals surface area contributed by atoms with Gasteiger partial charge in [0.15, 0.2) is 0 Å². The molecule has 2 N–H and O–H groups in total. The molecule has 0 amide bonds. The number of nitrogens with one attached hydrogen (secondary N) is 2. The fourth-order valence-corrected chi connectivity index (χ4v) is 1.29. The Bertz CT molecular complexity index is 300. The summed E-state index contributed by atoms with van der Waals surface area (Å²) >= 11 is 3.28. The van der Waals surface area contributed by atoms with Gasteiger partial charge >= 0.3 is 0 Å². The van der Waals surface area contributed by atoms with Gasteiger partial charge in [-0.3, -0.25) is 5.32 Å². The lowest BCUT2D eigenvalue weighted by Gasteiger charge is -2.08. The van der Waals surface area contributed by atoms with Gasteiger partial charge in [-0.1, -0.05) is 12.8 Å². The minimum Gasteiger partial charge on any atom is -0.335 e. The van der Waals surface area contributed by atoms with Crippen molar-refractivity contribution in [2.75, 3.05) is 6.54 Å². The maximum Gasteiger partial charge on any atom is 0.136 e. The molecule has 0 aliphatic carbocycles. The summed E-state index contributed by atoms with van der Waals surface area (Å²) < 4.78 is 0.848. The van der Waals surface area contributed by atoms with Crippen molar-refractivity contribution in [1.29, 1.82) is 0 Å². The largest absolute Gasteiger partial charge is 0.335 e. The molecule has 13 heavy (non-hydrogen) atoms. The molecule has 1 heterocycles. The molecule has 1 atom stereocenters. The SMILES string of the molecule is C#CC(NCCC)c1ncc(Br)[nH]1. The zero-order chi connectivity index (χ0) is 9.68. The van der Waals surface area contributed by atoms with E-state index in [9.17, 15) is 0 Å². The molecule has 0 spiro atoms. The van der Waals surface area contributed by atoms with Crippen molar-refractivity contribution in [1.82, 2.24) is 15.3 Å². The lowest BCUT2D eigenvalue weighted by Crippen LogP contribution is -2.21. The molecule has 1 unspecified atom stereocenters. The van der Waals surface area contributed by atoms with Crippen LogP contribution in [0, 0.1) is 12.3 Å². The number of aromatic nitrogens is 2. The van der Waals surface area contributed by atoms with Gasteiger partial charge in [-0.05, 0) is 28.9 Å². The van der Waals surface area contributed by atoms with Crippen LogP contribution in [0.2, 0.25) is 0 Å². The molecular weight excluding hydrogens is 230 g/mol. The fourth-order valence-electron chi connectivity index (χ4n) is 0.983. The molecule has 0 radical (unpaired) electrons. The van der Waals surface area contributed by atoms with Crippen LogP contribution in [-0.4, -0.2) is 16.5 Å². The summed E-state index contributed by atoms with van der Waals surface area (Å²) in [5.74, 6) is 3.42. The normalized spacial score (nSPS) is 12.4. The molecular formula is C9H12BrN3. The number of halogens is 1. The first-order chi connectivity index (χ1) is 6.27. The number of rotatable bonds is 4. The second-order valence-corrected chi connectivity index (χ2v) is 3.52. The summed E-state index contributed by atoms with van der Waals surface area (Å²) in [6.07, 6.45) is 8.12. The summed E-state index contributed by atoms with van der Waals surface area (Å²) in [6, 6.07) is -0.119. The van der Waals surface area contributed by atoms with Crippen LogP contribution >= 0.6 is 15.9 Å². The van der Waals surface area contributed by atoms with Gasteiger partial charge in [-0.2, -0.15) is 0 Å². The molecule has 0 fully saturated rings. The molecule has 1 rings (SSSR count). The molecule has 3 nitrogen and oxygen atoms in total. The van der Waals surface area contributed by atoms with Crippen LogP contribution in [0.15, 0.2) is 10.8 Å². The van der Waals surface area contributed by atoms with Crippen LogP contribution in [0.5, 0.6) is 0 Å². The lowest BCUT2D eigenvalue weighted by atomic mass is 10.3. The van der Waals surface area contributed by atoms with Crippen LogP contribution < -0.4 is 5.32 Å². The Balaban J connectivity index is 2.63. The summed E-state index contributed by atoms with van der Waals surface area (Å²) in [4.78, 5) is 7.17. The minimum atomic E-state index is -0.119. The summed E-state index contributed by atoms with van der Waals surface area (Å²) in [5.41, 5.74) is 0. The van der Waals surface area contributed by atoms with Crippen molar-refractivity contribution in [2.45, 2.75) is 19.4 Å². The Hall–Kier alpha value is -0.790. The highest BCUT2D eigenvalue weighted by Gasteiger charge is 2.09. The van der Waals surface area contributed by atoms with Crippen molar-refractivity contribution in [3.8, 4) is 12.3 Å². The van der Waals surface area contributed by atoms with Gasteiger partial charge in [0.05, 0.1) is 6.20 Å². The predicted octanol–water partition coefficient (Wildman–Crippen LogP) is 1.85. The highest BCUT2D eigenvalue weighted by Crippen LogP contribution is 2.11. The molecule has 0 saturated heterocycles. The molecule has 4 heteroatoms. The van der Waals surface area contributed by atoms with E-state index in [0.717, 1.165) is 23.4 Å². The predicted molar refractivity (Wildman–Crippen MR) is 56.2 cm³/mol. The van der Waals surface area contributed by atoms with Crippen molar-refractivity contribution in [3.63, 3.8) is 0 Å². The van der Waals surface area contributed by atoms with E-state index in [1.54, 1.807) is 6.20 Å². The van der Waals surface area contributed by atoms with E-state index >= 15 is 0 Å². The second-order valence-electron chi connectivity index (χ2n) is 2.67. The van der Waals surface area contributed by atoms with Gasteiger partial charge < -0.3 is 4.98 Å². The van der Waals surface area contributed by atoms with Crippen LogP contribution in [0.3, 0.4) is 0 Å². The van der Waals surface area contributed by atoms with Gasteiger partial charge in [0, 0.05) is 0 Å². The highest BCUT2D eigenvalue weighted by atomic mass is 79.9. The quantitative estimate of drug-likeness (QED) is 0.791. The van der Waals surface area contributed by atoms with Gasteiger partial charge in [-0.25, -0.2) is 4.98 Å². The Kier molecular flexibility index (Phi) is 4.00. The van der Waals surface area contributed by atoms with Crippen LogP contribution in [-0.2, 0) is 0 Å². The van der Waals surface area contributed by atoms with Gasteiger partial charge in [0.2, 0.25) is 0 Å². The standard InChI is InChI=1S/C9H12BrN3/c1-3-5-11-7(4-2)9-12-6-8(10)13-9/h2,6-7,11H,3,5H2,1H3,(H,12,13). The number of terminal acetylenes is 1. The molecule has 0 saturated carbocycles. The summed E-state index contributed by atoms with van der Waals surface area (Å²) in [5, 5.41) is 3.20. The Morgan fingerprint density at radius 1 is 1.85 bits per heavy atom. The van der Waals surface area contributed by atoms with E-state index in [0.29, 0.717) is 0 Å². The average molecular weight is 242 g/mol. The van der Waals surface area contributed by atoms with Gasteiger partial charge in [0.25, 0.3) is 0 Å². The van der Waals surface area contributed by atoms with E-state index in [1.807, 2.05) is 0 Å².